The molecule has 0 aliphatic heterocycles. The van der Waals surface area contributed by atoms with Crippen LogP contribution in [-0.2, 0) is 4.79 Å². The van der Waals surface area contributed by atoms with Gasteiger partial charge in [-0.15, -0.1) is 22.7 Å². The van der Waals surface area contributed by atoms with Crippen molar-refractivity contribution < 1.29 is 14.7 Å². The number of carboxylic acids is 1. The quantitative estimate of drug-likeness (QED) is 0.696. The van der Waals surface area contributed by atoms with E-state index in [1.165, 1.54) is 11.3 Å². The highest BCUT2D eigenvalue weighted by molar-refractivity contribution is 7.26. The lowest BCUT2D eigenvalue weighted by Gasteiger charge is -2.25. The summed E-state index contributed by atoms with van der Waals surface area (Å²) in [6, 6.07) is 11.6. The second-order valence-corrected chi connectivity index (χ2v) is 8.00. The first-order chi connectivity index (χ1) is 12.0. The first kappa shape index (κ1) is 17.6. The van der Waals surface area contributed by atoms with Crippen molar-refractivity contribution in [1.29, 1.82) is 0 Å². The van der Waals surface area contributed by atoms with Crippen LogP contribution in [0.3, 0.4) is 0 Å². The Morgan fingerprint density at radius 1 is 1.16 bits per heavy atom. The zero-order valence-electron chi connectivity index (χ0n) is 13.9. The molecule has 5 nitrogen and oxygen atoms in total. The van der Waals surface area contributed by atoms with Crippen molar-refractivity contribution in [3.63, 3.8) is 0 Å². The van der Waals surface area contributed by atoms with Crippen LogP contribution in [0, 0.1) is 0 Å². The molecule has 0 spiro atoms. The van der Waals surface area contributed by atoms with Crippen LogP contribution < -0.4 is 0 Å². The largest absolute Gasteiger partial charge is 0.481 e. The van der Waals surface area contributed by atoms with Crippen LogP contribution in [0.5, 0.6) is 0 Å². The number of carbonyl (C=O) groups excluding carboxylic acids is 1. The summed E-state index contributed by atoms with van der Waals surface area (Å²) >= 11 is 3.00. The van der Waals surface area contributed by atoms with E-state index >= 15 is 0 Å². The normalized spacial score (nSPS) is 11.2. The second kappa shape index (κ2) is 7.33. The molecule has 25 heavy (non-hydrogen) atoms. The van der Waals surface area contributed by atoms with Gasteiger partial charge >= 0.3 is 5.97 Å². The molecule has 0 radical (unpaired) electrons. The molecular formula is C18H18N2O3S2. The van der Waals surface area contributed by atoms with Crippen LogP contribution in [0.15, 0.2) is 36.4 Å². The number of fused-ring (bicyclic) bond motifs is 1. The van der Waals surface area contributed by atoms with Gasteiger partial charge in [0.2, 0.25) is 0 Å². The van der Waals surface area contributed by atoms with E-state index in [9.17, 15) is 9.59 Å². The number of amides is 1. The number of thiophene rings is 1. The average molecular weight is 374 g/mol. The van der Waals surface area contributed by atoms with Gasteiger partial charge in [-0.3, -0.25) is 9.59 Å². The average Bonchev–Trinajstić information content (AvgIpc) is 3.20. The predicted octanol–water partition coefficient (Wildman–Crippen LogP) is 4.35. The first-order valence-corrected chi connectivity index (χ1v) is 9.57. The maximum absolute atomic E-state index is 12.7. The molecule has 0 saturated heterocycles. The maximum atomic E-state index is 12.7. The van der Waals surface area contributed by atoms with Gasteiger partial charge in [0.1, 0.15) is 5.01 Å². The molecular weight excluding hydrogens is 356 g/mol. The summed E-state index contributed by atoms with van der Waals surface area (Å²) in [5.74, 6) is -1.03. The van der Waals surface area contributed by atoms with E-state index in [0.29, 0.717) is 4.88 Å². The molecule has 0 atom stereocenters. The van der Waals surface area contributed by atoms with E-state index in [0.717, 1.165) is 20.1 Å². The number of carbonyl (C=O) groups is 2. The van der Waals surface area contributed by atoms with Crippen LogP contribution >= 0.6 is 22.7 Å². The third kappa shape index (κ3) is 3.88. The molecule has 1 N–H and O–H groups in total. The molecule has 0 aliphatic carbocycles. The minimum Gasteiger partial charge on any atom is -0.481 e. The molecule has 2 aromatic heterocycles. The van der Waals surface area contributed by atoms with E-state index in [4.69, 9.17) is 5.11 Å². The van der Waals surface area contributed by atoms with Crippen LogP contribution in [0.2, 0.25) is 0 Å². The molecule has 3 aromatic rings. The number of carboxylic acid groups (broad SMARTS) is 1. The monoisotopic (exact) mass is 374 g/mol. The number of hydrogen-bond acceptors (Lipinski definition) is 5. The Bertz CT molecular complexity index is 881. The van der Waals surface area contributed by atoms with Crippen molar-refractivity contribution in [2.75, 3.05) is 6.54 Å². The van der Waals surface area contributed by atoms with Crippen LogP contribution in [0.1, 0.15) is 29.9 Å². The molecule has 2 heterocycles. The van der Waals surface area contributed by atoms with Gasteiger partial charge in [0.05, 0.1) is 26.4 Å². The third-order valence-electron chi connectivity index (χ3n) is 3.77. The van der Waals surface area contributed by atoms with Crippen LogP contribution in [0.25, 0.3) is 20.1 Å². The fraction of sp³-hybridized carbons (Fsp3) is 0.278. The summed E-state index contributed by atoms with van der Waals surface area (Å²) in [4.78, 5) is 31.3. The van der Waals surface area contributed by atoms with Crippen molar-refractivity contribution in [3.05, 3.63) is 41.3 Å². The predicted molar refractivity (Wildman–Crippen MR) is 101 cm³/mol. The van der Waals surface area contributed by atoms with E-state index in [2.05, 4.69) is 4.98 Å². The Hall–Kier alpha value is -2.25. The molecule has 0 fully saturated rings. The van der Waals surface area contributed by atoms with Gasteiger partial charge in [0, 0.05) is 12.6 Å². The highest BCUT2D eigenvalue weighted by atomic mass is 32.1. The van der Waals surface area contributed by atoms with Gasteiger partial charge in [-0.25, -0.2) is 4.98 Å². The summed E-state index contributed by atoms with van der Waals surface area (Å²) in [6.07, 6.45) is -0.0555. The van der Waals surface area contributed by atoms with Crippen molar-refractivity contribution in [3.8, 4) is 9.88 Å². The Morgan fingerprint density at radius 3 is 2.60 bits per heavy atom. The van der Waals surface area contributed by atoms with Crippen molar-refractivity contribution in [2.45, 2.75) is 26.3 Å². The Kier molecular flexibility index (Phi) is 5.15. The number of hydrogen-bond donors (Lipinski definition) is 1. The highest BCUT2D eigenvalue weighted by Crippen LogP contribution is 2.34. The number of nitrogens with zero attached hydrogens (tertiary/aromatic N) is 2. The molecule has 0 bridgehead atoms. The van der Waals surface area contributed by atoms with Crippen molar-refractivity contribution in [2.24, 2.45) is 0 Å². The standard InChI is InChI=1S/C18H18N2O3S2/c1-11(2)20(10-9-16(21)22)18(23)15-8-7-14(24-15)17-19-12-5-3-4-6-13(12)25-17/h3-8,11H,9-10H2,1-2H3,(H,21,22). The fourth-order valence-corrected chi connectivity index (χ4v) is 4.48. The lowest BCUT2D eigenvalue weighted by Crippen LogP contribution is -2.38. The van der Waals surface area contributed by atoms with E-state index in [1.54, 1.807) is 22.3 Å². The molecule has 1 amide bonds. The molecule has 7 heteroatoms. The third-order valence-corrected chi connectivity index (χ3v) is 6.05. The number of rotatable bonds is 6. The summed E-state index contributed by atoms with van der Waals surface area (Å²) in [5.41, 5.74) is 0.953. The van der Waals surface area contributed by atoms with E-state index < -0.39 is 5.97 Å². The minimum absolute atomic E-state index is 0.0555. The van der Waals surface area contributed by atoms with Gasteiger partial charge in [0.15, 0.2) is 0 Å². The zero-order chi connectivity index (χ0) is 18.0. The van der Waals surface area contributed by atoms with Gasteiger partial charge in [-0.2, -0.15) is 0 Å². The van der Waals surface area contributed by atoms with Gasteiger partial charge < -0.3 is 10.0 Å². The van der Waals surface area contributed by atoms with Crippen molar-refractivity contribution >= 4 is 44.8 Å². The maximum Gasteiger partial charge on any atom is 0.305 e. The lowest BCUT2D eigenvalue weighted by atomic mass is 10.2. The summed E-state index contributed by atoms with van der Waals surface area (Å²) in [7, 11) is 0. The molecule has 3 rings (SSSR count). The smallest absolute Gasteiger partial charge is 0.305 e. The van der Waals surface area contributed by atoms with Gasteiger partial charge in [-0.05, 0) is 38.1 Å². The Morgan fingerprint density at radius 2 is 1.92 bits per heavy atom. The first-order valence-electron chi connectivity index (χ1n) is 7.94. The molecule has 130 valence electrons. The van der Waals surface area contributed by atoms with E-state index in [-0.39, 0.29) is 24.9 Å². The Labute approximate surface area is 153 Å². The van der Waals surface area contributed by atoms with Gasteiger partial charge in [-0.1, -0.05) is 12.1 Å². The summed E-state index contributed by atoms with van der Waals surface area (Å²) in [6.45, 7) is 3.99. The summed E-state index contributed by atoms with van der Waals surface area (Å²) < 4.78 is 1.11. The van der Waals surface area contributed by atoms with E-state index in [1.807, 2.05) is 44.2 Å². The van der Waals surface area contributed by atoms with Crippen molar-refractivity contribution in [1.82, 2.24) is 9.88 Å². The molecule has 0 unspecified atom stereocenters. The van der Waals surface area contributed by atoms with Crippen LogP contribution in [0.4, 0.5) is 0 Å². The zero-order valence-corrected chi connectivity index (χ0v) is 15.6. The Balaban J connectivity index is 1.83. The number of aromatic nitrogens is 1. The number of aliphatic carboxylic acids is 1. The van der Waals surface area contributed by atoms with Gasteiger partial charge in [0.25, 0.3) is 5.91 Å². The minimum atomic E-state index is -0.903. The lowest BCUT2D eigenvalue weighted by molar-refractivity contribution is -0.137. The topological polar surface area (TPSA) is 70.5 Å². The number of para-hydroxylation sites is 1. The number of thiazole rings is 1. The summed E-state index contributed by atoms with van der Waals surface area (Å²) in [5, 5.41) is 9.77. The number of benzene rings is 1. The van der Waals surface area contributed by atoms with Crippen LogP contribution in [-0.4, -0.2) is 39.5 Å². The SMILES string of the molecule is CC(C)N(CCC(=O)O)C(=O)c1ccc(-c2nc3ccccc3s2)s1. The molecule has 0 saturated carbocycles. The second-order valence-electron chi connectivity index (χ2n) is 5.89. The highest BCUT2D eigenvalue weighted by Gasteiger charge is 2.22. The molecule has 1 aromatic carbocycles. The molecule has 0 aliphatic rings. The fourth-order valence-electron chi connectivity index (χ4n) is 2.50.